The van der Waals surface area contributed by atoms with E-state index in [1.165, 1.54) is 6.07 Å². The molecule has 0 radical (unpaired) electrons. The minimum atomic E-state index is -1.05. The fraction of sp³-hybridized carbons (Fsp3) is 0.538. The first kappa shape index (κ1) is 15.5. The molecule has 1 aromatic rings. The summed E-state index contributed by atoms with van der Waals surface area (Å²) >= 11 is 2.98. The van der Waals surface area contributed by atoms with Crippen molar-refractivity contribution in [2.24, 2.45) is 11.7 Å². The van der Waals surface area contributed by atoms with Crippen LogP contribution in [0.15, 0.2) is 16.6 Å². The van der Waals surface area contributed by atoms with Crippen LogP contribution in [-0.4, -0.2) is 11.2 Å². The van der Waals surface area contributed by atoms with Crippen LogP contribution in [0.5, 0.6) is 0 Å². The quantitative estimate of drug-likeness (QED) is 0.815. The number of halogens is 3. The Balaban J connectivity index is 2.89. The van der Waals surface area contributed by atoms with Crippen LogP contribution in [-0.2, 0) is 0 Å². The van der Waals surface area contributed by atoms with E-state index >= 15 is 0 Å². The molecule has 0 aliphatic heterocycles. The molecule has 0 unspecified atom stereocenters. The zero-order valence-corrected chi connectivity index (χ0v) is 12.0. The summed E-state index contributed by atoms with van der Waals surface area (Å²) < 4.78 is 27.5. The molecule has 0 saturated heterocycles. The molecule has 0 amide bonds. The smallest absolute Gasteiger partial charge is 0.145 e. The van der Waals surface area contributed by atoms with Crippen molar-refractivity contribution in [1.29, 1.82) is 0 Å². The largest absolute Gasteiger partial charge is 0.391 e. The van der Waals surface area contributed by atoms with Crippen LogP contribution >= 0.6 is 15.9 Å². The topological polar surface area (TPSA) is 46.2 Å². The highest BCUT2D eigenvalue weighted by Crippen LogP contribution is 2.28. The van der Waals surface area contributed by atoms with Gasteiger partial charge in [-0.05, 0) is 46.8 Å². The highest BCUT2D eigenvalue weighted by atomic mass is 79.9. The van der Waals surface area contributed by atoms with Gasteiger partial charge in [0.05, 0.1) is 16.6 Å². The van der Waals surface area contributed by atoms with E-state index in [4.69, 9.17) is 5.73 Å². The molecule has 0 saturated carbocycles. The average molecular weight is 322 g/mol. The van der Waals surface area contributed by atoms with Crippen molar-refractivity contribution in [3.05, 3.63) is 33.8 Å². The van der Waals surface area contributed by atoms with Crippen molar-refractivity contribution in [1.82, 2.24) is 0 Å². The summed E-state index contributed by atoms with van der Waals surface area (Å²) in [6.07, 6.45) is 0.224. The second-order valence-electron chi connectivity index (χ2n) is 4.82. The Morgan fingerprint density at radius 2 is 1.89 bits per heavy atom. The monoisotopic (exact) mass is 321 g/mol. The van der Waals surface area contributed by atoms with Gasteiger partial charge in [0, 0.05) is 5.56 Å². The maximum atomic E-state index is 13.8. The van der Waals surface area contributed by atoms with Crippen LogP contribution in [0.4, 0.5) is 8.78 Å². The van der Waals surface area contributed by atoms with Gasteiger partial charge in [0.2, 0.25) is 0 Å². The lowest BCUT2D eigenvalue weighted by Crippen LogP contribution is -2.28. The summed E-state index contributed by atoms with van der Waals surface area (Å²) in [5, 5.41) is 9.89. The number of hydrogen-bond acceptors (Lipinski definition) is 2. The lowest BCUT2D eigenvalue weighted by atomic mass is 9.95. The number of rotatable bonds is 5. The van der Waals surface area contributed by atoms with Crippen molar-refractivity contribution in [2.75, 3.05) is 0 Å². The fourth-order valence-electron chi connectivity index (χ4n) is 1.72. The third-order valence-electron chi connectivity index (χ3n) is 2.87. The van der Waals surface area contributed by atoms with E-state index < -0.39 is 23.8 Å². The van der Waals surface area contributed by atoms with Crippen molar-refractivity contribution in [3.8, 4) is 0 Å². The predicted octanol–water partition coefficient (Wildman–Crippen LogP) is 3.52. The summed E-state index contributed by atoms with van der Waals surface area (Å²) in [5.74, 6) is -1.07. The van der Waals surface area contributed by atoms with Crippen LogP contribution in [0.1, 0.15) is 38.3 Å². The first-order chi connectivity index (χ1) is 8.34. The molecule has 5 heteroatoms. The number of aliphatic hydroxyl groups is 1. The van der Waals surface area contributed by atoms with E-state index in [0.29, 0.717) is 12.3 Å². The molecule has 0 bridgehead atoms. The number of nitrogens with two attached hydrogens (primary N) is 1. The van der Waals surface area contributed by atoms with Gasteiger partial charge in [-0.1, -0.05) is 13.8 Å². The number of aliphatic hydroxyl groups excluding tert-OH is 1. The SMILES string of the molecule is CC(C)CC[C@H](O)[C@H](N)c1c(F)ccc(Br)c1F. The second kappa shape index (κ2) is 6.59. The molecule has 18 heavy (non-hydrogen) atoms. The Hall–Kier alpha value is -0.520. The second-order valence-corrected chi connectivity index (χ2v) is 5.68. The highest BCUT2D eigenvalue weighted by molar-refractivity contribution is 9.10. The third-order valence-corrected chi connectivity index (χ3v) is 3.48. The van der Waals surface area contributed by atoms with Crippen LogP contribution in [0.3, 0.4) is 0 Å². The van der Waals surface area contributed by atoms with Gasteiger partial charge >= 0.3 is 0 Å². The van der Waals surface area contributed by atoms with Crippen molar-refractivity contribution >= 4 is 15.9 Å². The molecule has 0 aliphatic carbocycles. The van der Waals surface area contributed by atoms with Gasteiger partial charge in [0.25, 0.3) is 0 Å². The van der Waals surface area contributed by atoms with Crippen LogP contribution < -0.4 is 5.73 Å². The van der Waals surface area contributed by atoms with Gasteiger partial charge in [-0.15, -0.1) is 0 Å². The lowest BCUT2D eigenvalue weighted by molar-refractivity contribution is 0.125. The molecule has 1 aromatic carbocycles. The summed E-state index contributed by atoms with van der Waals surface area (Å²) in [6.45, 7) is 4.02. The van der Waals surface area contributed by atoms with E-state index in [2.05, 4.69) is 15.9 Å². The molecule has 0 spiro atoms. The summed E-state index contributed by atoms with van der Waals surface area (Å²) in [6, 6.07) is 1.36. The maximum absolute atomic E-state index is 13.8. The molecule has 102 valence electrons. The lowest BCUT2D eigenvalue weighted by Gasteiger charge is -2.21. The summed E-state index contributed by atoms with van der Waals surface area (Å²) in [5.41, 5.74) is 5.48. The molecule has 2 nitrogen and oxygen atoms in total. The van der Waals surface area contributed by atoms with Crippen molar-refractivity contribution in [2.45, 2.75) is 38.8 Å². The van der Waals surface area contributed by atoms with Gasteiger partial charge in [0.15, 0.2) is 0 Å². The zero-order chi connectivity index (χ0) is 13.9. The van der Waals surface area contributed by atoms with Gasteiger partial charge in [-0.2, -0.15) is 0 Å². The average Bonchev–Trinajstić information content (AvgIpc) is 2.31. The number of hydrogen-bond donors (Lipinski definition) is 2. The van der Waals surface area contributed by atoms with E-state index in [-0.39, 0.29) is 10.0 Å². The maximum Gasteiger partial charge on any atom is 0.145 e. The Morgan fingerprint density at radius 1 is 1.28 bits per heavy atom. The van der Waals surface area contributed by atoms with Crippen molar-refractivity contribution < 1.29 is 13.9 Å². The van der Waals surface area contributed by atoms with Gasteiger partial charge in [-0.3, -0.25) is 0 Å². The zero-order valence-electron chi connectivity index (χ0n) is 10.5. The molecule has 3 N–H and O–H groups in total. The van der Waals surface area contributed by atoms with Crippen LogP contribution in [0.25, 0.3) is 0 Å². The molecule has 1 rings (SSSR count). The minimum Gasteiger partial charge on any atom is -0.391 e. The minimum absolute atomic E-state index is 0.144. The van der Waals surface area contributed by atoms with Crippen LogP contribution in [0, 0.1) is 17.6 Å². The summed E-state index contributed by atoms with van der Waals surface area (Å²) in [4.78, 5) is 0. The Morgan fingerprint density at radius 3 is 2.44 bits per heavy atom. The van der Waals surface area contributed by atoms with Crippen molar-refractivity contribution in [3.63, 3.8) is 0 Å². The molecular formula is C13H18BrF2NO. The highest BCUT2D eigenvalue weighted by Gasteiger charge is 2.24. The number of benzene rings is 1. The molecule has 2 atom stereocenters. The molecule has 0 fully saturated rings. The Bertz CT molecular complexity index is 412. The van der Waals surface area contributed by atoms with E-state index in [1.807, 2.05) is 13.8 Å². The molecular weight excluding hydrogens is 304 g/mol. The van der Waals surface area contributed by atoms with Gasteiger partial charge in [-0.25, -0.2) is 8.78 Å². The van der Waals surface area contributed by atoms with Crippen LogP contribution in [0.2, 0.25) is 0 Å². The van der Waals surface area contributed by atoms with E-state index in [1.54, 1.807) is 0 Å². The fourth-order valence-corrected chi connectivity index (χ4v) is 2.07. The standard InChI is InChI=1S/C13H18BrF2NO/c1-7(2)3-6-10(18)13(17)11-9(15)5-4-8(14)12(11)16/h4-5,7,10,13,18H,3,6,17H2,1-2H3/t10-,13-/m0/s1. The normalized spacial score (nSPS) is 14.9. The first-order valence-corrected chi connectivity index (χ1v) is 6.71. The van der Waals surface area contributed by atoms with Gasteiger partial charge < -0.3 is 10.8 Å². The predicted molar refractivity (Wildman–Crippen MR) is 71.1 cm³/mol. The molecule has 0 aromatic heterocycles. The molecule has 0 heterocycles. The summed E-state index contributed by atoms with van der Waals surface area (Å²) in [7, 11) is 0. The first-order valence-electron chi connectivity index (χ1n) is 5.91. The van der Waals surface area contributed by atoms with Gasteiger partial charge in [0.1, 0.15) is 11.6 Å². The Labute approximate surface area is 114 Å². The molecule has 0 aliphatic rings. The van der Waals surface area contributed by atoms with E-state index in [9.17, 15) is 13.9 Å². The van der Waals surface area contributed by atoms with E-state index in [0.717, 1.165) is 12.5 Å². The third kappa shape index (κ3) is 3.73. The Kier molecular flexibility index (Phi) is 5.69.